The maximum absolute atomic E-state index is 12.3. The van der Waals surface area contributed by atoms with Crippen molar-refractivity contribution < 1.29 is 4.74 Å². The monoisotopic (exact) mass is 357 g/mol. The fourth-order valence-electron chi connectivity index (χ4n) is 2.76. The van der Waals surface area contributed by atoms with Gasteiger partial charge in [0.25, 0.3) is 5.56 Å². The number of alkyl halides is 1. The molecular weight excluding hydrogens is 334 g/mol. The number of hydrogen-bond donors (Lipinski definition) is 0. The minimum Gasteiger partial charge on any atom is -0.381 e. The number of halogens is 1. The minimum atomic E-state index is -0.0220. The number of ether oxygens (including phenoxy) is 1. The first-order valence-corrected chi connectivity index (χ1v) is 8.72. The smallest absolute Gasteiger partial charge is 0.268 e. The lowest BCUT2D eigenvalue weighted by Crippen LogP contribution is -2.39. The molecule has 1 aliphatic rings. The van der Waals surface area contributed by atoms with Crippen LogP contribution in [0.2, 0.25) is 0 Å². The van der Waals surface area contributed by atoms with E-state index < -0.39 is 0 Å². The highest BCUT2D eigenvalue weighted by Crippen LogP contribution is 2.33. The van der Waals surface area contributed by atoms with Gasteiger partial charge in [-0.05, 0) is 26.7 Å². The Morgan fingerprint density at radius 2 is 2.05 bits per heavy atom. The van der Waals surface area contributed by atoms with Crippen LogP contribution >= 0.6 is 15.9 Å². The van der Waals surface area contributed by atoms with E-state index >= 15 is 0 Å². The number of nitrogens with zero attached hydrogens (tertiary/aromatic N) is 3. The Morgan fingerprint density at radius 1 is 1.38 bits per heavy atom. The number of rotatable bonds is 6. The van der Waals surface area contributed by atoms with Crippen molar-refractivity contribution in [3.05, 3.63) is 22.6 Å². The van der Waals surface area contributed by atoms with Crippen molar-refractivity contribution in [3.63, 3.8) is 0 Å². The van der Waals surface area contributed by atoms with Crippen molar-refractivity contribution in [1.29, 1.82) is 0 Å². The van der Waals surface area contributed by atoms with Gasteiger partial charge < -0.3 is 9.64 Å². The molecular formula is C15H24BrN3O2. The van der Waals surface area contributed by atoms with Gasteiger partial charge in [0.05, 0.1) is 18.4 Å². The van der Waals surface area contributed by atoms with Gasteiger partial charge in [-0.1, -0.05) is 15.9 Å². The van der Waals surface area contributed by atoms with Gasteiger partial charge in [0.2, 0.25) is 0 Å². The van der Waals surface area contributed by atoms with Gasteiger partial charge in [0, 0.05) is 43.1 Å². The lowest BCUT2D eigenvalue weighted by Gasteiger charge is -2.35. The van der Waals surface area contributed by atoms with Crippen molar-refractivity contribution in [3.8, 4) is 0 Å². The quantitative estimate of drug-likeness (QED) is 0.732. The molecule has 0 saturated carbocycles. The van der Waals surface area contributed by atoms with E-state index in [4.69, 9.17) is 4.74 Å². The first kappa shape index (κ1) is 16.5. The standard InChI is InChI=1S/C15H24BrN3O2/c1-3-18(4-2)13-9-14(20)19(17-10-13)12-15(11-16)5-7-21-8-6-15/h9-10H,3-8,11-12H2,1-2H3. The van der Waals surface area contributed by atoms with Gasteiger partial charge in [-0.25, -0.2) is 4.68 Å². The highest BCUT2D eigenvalue weighted by molar-refractivity contribution is 9.09. The van der Waals surface area contributed by atoms with E-state index in [1.807, 2.05) is 0 Å². The summed E-state index contributed by atoms with van der Waals surface area (Å²) >= 11 is 3.60. The molecule has 0 radical (unpaired) electrons. The zero-order valence-electron chi connectivity index (χ0n) is 12.8. The molecule has 0 amide bonds. The normalized spacial score (nSPS) is 17.7. The van der Waals surface area contributed by atoms with Crippen LogP contribution in [0.25, 0.3) is 0 Å². The average molecular weight is 358 g/mol. The molecule has 1 aliphatic heterocycles. The average Bonchev–Trinajstić information content (AvgIpc) is 2.52. The first-order valence-electron chi connectivity index (χ1n) is 7.60. The van der Waals surface area contributed by atoms with Gasteiger partial charge in [-0.2, -0.15) is 5.10 Å². The summed E-state index contributed by atoms with van der Waals surface area (Å²) in [4.78, 5) is 14.5. The maximum Gasteiger partial charge on any atom is 0.268 e. The van der Waals surface area contributed by atoms with Crippen LogP contribution in [0.4, 0.5) is 5.69 Å². The summed E-state index contributed by atoms with van der Waals surface area (Å²) < 4.78 is 7.04. The van der Waals surface area contributed by atoms with Crippen molar-refractivity contribution in [1.82, 2.24) is 9.78 Å². The third-order valence-electron chi connectivity index (χ3n) is 4.31. The van der Waals surface area contributed by atoms with Crippen LogP contribution in [0.3, 0.4) is 0 Å². The van der Waals surface area contributed by atoms with Crippen molar-refractivity contribution in [2.24, 2.45) is 5.41 Å². The molecule has 2 heterocycles. The molecule has 1 fully saturated rings. The Morgan fingerprint density at radius 3 is 2.57 bits per heavy atom. The molecule has 2 rings (SSSR count). The van der Waals surface area contributed by atoms with Gasteiger partial charge in [-0.3, -0.25) is 4.79 Å². The summed E-state index contributed by atoms with van der Waals surface area (Å²) in [5, 5.41) is 5.25. The fourth-order valence-corrected chi connectivity index (χ4v) is 3.50. The molecule has 6 heteroatoms. The predicted molar refractivity (Wildman–Crippen MR) is 88.3 cm³/mol. The predicted octanol–water partition coefficient (Wildman–Crippen LogP) is 2.28. The van der Waals surface area contributed by atoms with Gasteiger partial charge in [0.15, 0.2) is 0 Å². The molecule has 0 aromatic carbocycles. The lowest BCUT2D eigenvalue weighted by molar-refractivity contribution is 0.0163. The molecule has 0 unspecified atom stereocenters. The van der Waals surface area contributed by atoms with E-state index in [1.165, 1.54) is 0 Å². The Hall–Kier alpha value is -0.880. The zero-order valence-corrected chi connectivity index (χ0v) is 14.4. The zero-order chi connectivity index (χ0) is 15.3. The number of hydrogen-bond acceptors (Lipinski definition) is 4. The van der Waals surface area contributed by atoms with Crippen LogP contribution in [0.5, 0.6) is 0 Å². The SMILES string of the molecule is CCN(CC)c1cnn(CC2(CBr)CCOCC2)c(=O)c1. The second-order valence-corrected chi connectivity index (χ2v) is 6.19. The number of anilines is 1. The van der Waals surface area contributed by atoms with E-state index in [0.29, 0.717) is 6.54 Å². The minimum absolute atomic E-state index is 0.0220. The topological polar surface area (TPSA) is 47.4 Å². The summed E-state index contributed by atoms with van der Waals surface area (Å²) in [6, 6.07) is 1.70. The molecule has 1 aromatic heterocycles. The Bertz CT molecular complexity index is 508. The van der Waals surface area contributed by atoms with E-state index in [1.54, 1.807) is 16.9 Å². The van der Waals surface area contributed by atoms with Crippen LogP contribution < -0.4 is 10.5 Å². The Kier molecular flexibility index (Phi) is 5.81. The molecule has 0 aliphatic carbocycles. The van der Waals surface area contributed by atoms with Crippen molar-refractivity contribution >= 4 is 21.6 Å². The highest BCUT2D eigenvalue weighted by atomic mass is 79.9. The summed E-state index contributed by atoms with van der Waals surface area (Å²) in [5.74, 6) is 0. The summed E-state index contributed by atoms with van der Waals surface area (Å²) in [5.41, 5.74) is 0.957. The van der Waals surface area contributed by atoms with Gasteiger partial charge >= 0.3 is 0 Å². The van der Waals surface area contributed by atoms with Crippen LogP contribution in [0, 0.1) is 5.41 Å². The van der Waals surface area contributed by atoms with E-state index in [0.717, 1.165) is 50.2 Å². The van der Waals surface area contributed by atoms with Gasteiger partial charge in [0.1, 0.15) is 0 Å². The molecule has 0 atom stereocenters. The van der Waals surface area contributed by atoms with Crippen LogP contribution in [0.1, 0.15) is 26.7 Å². The molecule has 0 spiro atoms. The van der Waals surface area contributed by atoms with Crippen LogP contribution in [-0.4, -0.2) is 41.4 Å². The molecule has 5 nitrogen and oxygen atoms in total. The highest BCUT2D eigenvalue weighted by Gasteiger charge is 2.32. The lowest BCUT2D eigenvalue weighted by atomic mass is 9.82. The number of aromatic nitrogens is 2. The van der Waals surface area contributed by atoms with Gasteiger partial charge in [-0.15, -0.1) is 0 Å². The van der Waals surface area contributed by atoms with Crippen LogP contribution in [-0.2, 0) is 11.3 Å². The molecule has 21 heavy (non-hydrogen) atoms. The third-order valence-corrected chi connectivity index (χ3v) is 5.50. The maximum atomic E-state index is 12.3. The third kappa shape index (κ3) is 3.86. The van der Waals surface area contributed by atoms with Crippen molar-refractivity contribution in [2.75, 3.05) is 36.5 Å². The van der Waals surface area contributed by atoms with Crippen LogP contribution in [0.15, 0.2) is 17.1 Å². The second-order valence-electron chi connectivity index (χ2n) is 5.63. The van der Waals surface area contributed by atoms with E-state index in [2.05, 4.69) is 39.8 Å². The molecule has 0 bridgehead atoms. The van der Waals surface area contributed by atoms with Crippen molar-refractivity contribution in [2.45, 2.75) is 33.2 Å². The molecule has 1 aromatic rings. The van der Waals surface area contributed by atoms with E-state index in [-0.39, 0.29) is 11.0 Å². The first-order chi connectivity index (χ1) is 10.1. The molecule has 1 saturated heterocycles. The van der Waals surface area contributed by atoms with E-state index in [9.17, 15) is 4.79 Å². The fraction of sp³-hybridized carbons (Fsp3) is 0.733. The largest absolute Gasteiger partial charge is 0.381 e. The molecule has 0 N–H and O–H groups in total. The molecule has 118 valence electrons. The Balaban J connectivity index is 2.19. The second kappa shape index (κ2) is 7.40. The summed E-state index contributed by atoms with van der Waals surface area (Å²) in [6.07, 6.45) is 3.73. The summed E-state index contributed by atoms with van der Waals surface area (Å²) in [7, 11) is 0. The summed E-state index contributed by atoms with van der Waals surface area (Å²) in [6.45, 7) is 8.09. The Labute approximate surface area is 134 Å².